The van der Waals surface area contributed by atoms with Gasteiger partial charge in [0.1, 0.15) is 6.04 Å². The summed E-state index contributed by atoms with van der Waals surface area (Å²) in [4.78, 5) is 41.5. The predicted octanol–water partition coefficient (Wildman–Crippen LogP) is 2.02. The molecule has 4 amide bonds. The third kappa shape index (κ3) is 2.88. The van der Waals surface area contributed by atoms with Gasteiger partial charge in [0.05, 0.1) is 12.5 Å². The van der Waals surface area contributed by atoms with Gasteiger partial charge in [-0.3, -0.25) is 14.5 Å². The Hall–Kier alpha value is -2.37. The molecule has 0 aromatic heterocycles. The summed E-state index contributed by atoms with van der Waals surface area (Å²) in [6.07, 6.45) is 2.97. The van der Waals surface area contributed by atoms with Gasteiger partial charge < -0.3 is 9.80 Å². The van der Waals surface area contributed by atoms with E-state index in [1.807, 2.05) is 30.3 Å². The van der Waals surface area contributed by atoms with E-state index >= 15 is 0 Å². The summed E-state index contributed by atoms with van der Waals surface area (Å²) in [6, 6.07) is 8.87. The summed E-state index contributed by atoms with van der Waals surface area (Å²) in [5.41, 5.74) is 1.08. The number of amides is 4. The molecule has 0 saturated carbocycles. The third-order valence-electron chi connectivity index (χ3n) is 4.81. The molecule has 6 nitrogen and oxygen atoms in total. The Morgan fingerprint density at radius 1 is 1.12 bits per heavy atom. The minimum atomic E-state index is -0.654. The fraction of sp³-hybridized carbons (Fsp3) is 0.500. The molecule has 0 N–H and O–H groups in total. The van der Waals surface area contributed by atoms with Gasteiger partial charge in [-0.25, -0.2) is 4.79 Å². The fourth-order valence-electron chi connectivity index (χ4n) is 3.47. The molecule has 0 radical (unpaired) electrons. The third-order valence-corrected chi connectivity index (χ3v) is 4.81. The smallest absolute Gasteiger partial charge is 0.327 e. The molecule has 2 atom stereocenters. The van der Waals surface area contributed by atoms with Crippen molar-refractivity contribution in [3.63, 3.8) is 0 Å². The van der Waals surface area contributed by atoms with Crippen LogP contribution in [0.15, 0.2) is 30.3 Å². The number of likely N-dealkylation sites (N-methyl/N-ethyl adjacent to an activating group) is 1. The summed E-state index contributed by atoms with van der Waals surface area (Å²) < 4.78 is 0. The van der Waals surface area contributed by atoms with Crippen LogP contribution in [0.4, 0.5) is 4.79 Å². The van der Waals surface area contributed by atoms with Crippen molar-refractivity contribution in [2.24, 2.45) is 0 Å². The number of urea groups is 1. The van der Waals surface area contributed by atoms with Gasteiger partial charge in [-0.15, -0.1) is 0 Å². The van der Waals surface area contributed by atoms with Gasteiger partial charge in [-0.1, -0.05) is 30.3 Å². The van der Waals surface area contributed by atoms with Crippen molar-refractivity contribution in [2.45, 2.75) is 37.8 Å². The van der Waals surface area contributed by atoms with Crippen molar-refractivity contribution in [3.05, 3.63) is 35.9 Å². The Bertz CT molecular complexity index is 644. The lowest BCUT2D eigenvalue weighted by Gasteiger charge is -2.44. The highest BCUT2D eigenvalue weighted by atomic mass is 16.2. The Labute approximate surface area is 142 Å². The first-order valence-corrected chi connectivity index (χ1v) is 8.39. The van der Waals surface area contributed by atoms with Crippen LogP contribution < -0.4 is 0 Å². The number of benzene rings is 1. The zero-order valence-corrected chi connectivity index (χ0v) is 14.1. The quantitative estimate of drug-likeness (QED) is 0.780. The first-order chi connectivity index (χ1) is 11.5. The van der Waals surface area contributed by atoms with Gasteiger partial charge >= 0.3 is 6.03 Å². The molecule has 1 aromatic rings. The average Bonchev–Trinajstić information content (AvgIpc) is 2.59. The molecule has 0 spiro atoms. The van der Waals surface area contributed by atoms with Crippen molar-refractivity contribution in [3.8, 4) is 0 Å². The zero-order valence-electron chi connectivity index (χ0n) is 14.1. The number of likely N-dealkylation sites (tertiary alicyclic amines) is 2. The molecular formula is C18H23N3O3. The molecule has 0 aliphatic carbocycles. The summed E-state index contributed by atoms with van der Waals surface area (Å²) in [7, 11) is 3.28. The number of β-lactam (4-membered cyclic amide) rings is 1. The van der Waals surface area contributed by atoms with Crippen LogP contribution in [0.3, 0.4) is 0 Å². The molecule has 0 bridgehead atoms. The first kappa shape index (κ1) is 16.5. The van der Waals surface area contributed by atoms with E-state index < -0.39 is 6.04 Å². The predicted molar refractivity (Wildman–Crippen MR) is 89.1 cm³/mol. The number of rotatable bonds is 2. The largest absolute Gasteiger partial charge is 0.347 e. The van der Waals surface area contributed by atoms with Gasteiger partial charge in [0.25, 0.3) is 0 Å². The minimum absolute atomic E-state index is 0.0315. The van der Waals surface area contributed by atoms with E-state index in [2.05, 4.69) is 0 Å². The maximum Gasteiger partial charge on any atom is 0.327 e. The van der Waals surface area contributed by atoms with E-state index in [-0.39, 0.29) is 30.3 Å². The molecule has 2 saturated heterocycles. The lowest BCUT2D eigenvalue weighted by Crippen LogP contribution is -2.64. The molecule has 24 heavy (non-hydrogen) atoms. The summed E-state index contributed by atoms with van der Waals surface area (Å²) in [5.74, 6) is -0.464. The lowest BCUT2D eigenvalue weighted by molar-refractivity contribution is -0.153. The van der Waals surface area contributed by atoms with E-state index in [1.54, 1.807) is 19.0 Å². The van der Waals surface area contributed by atoms with Crippen LogP contribution in [0.1, 0.15) is 37.3 Å². The van der Waals surface area contributed by atoms with E-state index in [4.69, 9.17) is 0 Å². The first-order valence-electron chi connectivity index (χ1n) is 8.39. The second kappa shape index (κ2) is 6.63. The van der Waals surface area contributed by atoms with Crippen molar-refractivity contribution in [1.29, 1.82) is 0 Å². The summed E-state index contributed by atoms with van der Waals surface area (Å²) in [6.45, 7) is 0.616. The Morgan fingerprint density at radius 3 is 2.46 bits per heavy atom. The van der Waals surface area contributed by atoms with Crippen LogP contribution in [0.2, 0.25) is 0 Å². The van der Waals surface area contributed by atoms with Crippen molar-refractivity contribution in [2.75, 3.05) is 20.6 Å². The molecule has 128 valence electrons. The van der Waals surface area contributed by atoms with Crippen LogP contribution in [-0.4, -0.2) is 59.2 Å². The molecule has 2 aliphatic heterocycles. The minimum Gasteiger partial charge on any atom is -0.347 e. The maximum absolute atomic E-state index is 13.0. The second-order valence-electron chi connectivity index (χ2n) is 6.61. The van der Waals surface area contributed by atoms with E-state index in [0.29, 0.717) is 6.54 Å². The number of carbonyl (C=O) groups excluding carboxylic acids is 3. The Morgan fingerprint density at radius 2 is 1.83 bits per heavy atom. The standard InChI is InChI=1S/C18H23N3O3/c1-19(2)17(23)15-12-16(22)21(15)18(24)20-11-7-6-10-14(20)13-8-4-3-5-9-13/h3-5,8-9,14-15H,6-7,10-12H2,1-2H3. The Kier molecular flexibility index (Phi) is 4.55. The normalized spacial score (nSPS) is 23.7. The van der Waals surface area contributed by atoms with Gasteiger partial charge in [0.2, 0.25) is 11.8 Å². The zero-order chi connectivity index (χ0) is 17.3. The number of carbonyl (C=O) groups is 3. The molecule has 2 aliphatic rings. The highest BCUT2D eigenvalue weighted by molar-refractivity contribution is 6.07. The number of piperidine rings is 1. The van der Waals surface area contributed by atoms with Crippen molar-refractivity contribution < 1.29 is 14.4 Å². The second-order valence-corrected chi connectivity index (χ2v) is 6.61. The highest BCUT2D eigenvalue weighted by Gasteiger charge is 2.48. The van der Waals surface area contributed by atoms with E-state index in [0.717, 1.165) is 29.7 Å². The number of hydrogen-bond acceptors (Lipinski definition) is 3. The monoisotopic (exact) mass is 329 g/mol. The SMILES string of the molecule is CN(C)C(=O)C1CC(=O)N1C(=O)N1CCCCC1c1ccccc1. The lowest BCUT2D eigenvalue weighted by atomic mass is 9.94. The summed E-state index contributed by atoms with van der Waals surface area (Å²) >= 11 is 0. The summed E-state index contributed by atoms with van der Waals surface area (Å²) in [5, 5.41) is 0. The number of imide groups is 1. The number of hydrogen-bond donors (Lipinski definition) is 0. The van der Waals surface area contributed by atoms with Crippen LogP contribution in [0.5, 0.6) is 0 Å². The fourth-order valence-corrected chi connectivity index (χ4v) is 3.47. The molecule has 3 rings (SSSR count). The molecule has 2 heterocycles. The van der Waals surface area contributed by atoms with Crippen LogP contribution in [0, 0.1) is 0 Å². The highest BCUT2D eigenvalue weighted by Crippen LogP contribution is 2.34. The molecule has 2 unspecified atom stereocenters. The van der Waals surface area contributed by atoms with Crippen molar-refractivity contribution >= 4 is 17.8 Å². The van der Waals surface area contributed by atoms with Crippen molar-refractivity contribution in [1.82, 2.24) is 14.7 Å². The average molecular weight is 329 g/mol. The molecule has 6 heteroatoms. The molecular weight excluding hydrogens is 306 g/mol. The van der Waals surface area contributed by atoms with Gasteiger partial charge in [0.15, 0.2) is 0 Å². The number of nitrogens with zero attached hydrogens (tertiary/aromatic N) is 3. The van der Waals surface area contributed by atoms with Crippen LogP contribution >= 0.6 is 0 Å². The van der Waals surface area contributed by atoms with E-state index in [1.165, 1.54) is 4.90 Å². The van der Waals surface area contributed by atoms with Gasteiger partial charge in [-0.2, -0.15) is 0 Å². The van der Waals surface area contributed by atoms with Gasteiger partial charge in [-0.05, 0) is 24.8 Å². The molecule has 1 aromatic carbocycles. The topological polar surface area (TPSA) is 60.9 Å². The van der Waals surface area contributed by atoms with Gasteiger partial charge in [0, 0.05) is 20.6 Å². The maximum atomic E-state index is 13.0. The van der Waals surface area contributed by atoms with Crippen LogP contribution in [0.25, 0.3) is 0 Å². The Balaban J connectivity index is 1.81. The van der Waals surface area contributed by atoms with E-state index in [9.17, 15) is 14.4 Å². The van der Waals surface area contributed by atoms with Crippen LogP contribution in [-0.2, 0) is 9.59 Å². The molecule has 2 fully saturated rings.